The highest BCUT2D eigenvalue weighted by Crippen LogP contribution is 2.26. The van der Waals surface area contributed by atoms with Crippen molar-refractivity contribution in [1.29, 1.82) is 0 Å². The van der Waals surface area contributed by atoms with Gasteiger partial charge in [0.15, 0.2) is 11.5 Å². The SMILES string of the molecule is CCOC(=O)c1cc(-c2cccc(OCc3ccccc3Cl)c2)on1. The Morgan fingerprint density at radius 2 is 2.00 bits per heavy atom. The van der Waals surface area contributed by atoms with Crippen LogP contribution in [0.3, 0.4) is 0 Å². The van der Waals surface area contributed by atoms with Crippen molar-refractivity contribution in [3.05, 3.63) is 70.9 Å². The number of carbonyl (C=O) groups excluding carboxylic acids is 1. The maximum Gasteiger partial charge on any atom is 0.360 e. The largest absolute Gasteiger partial charge is 0.489 e. The molecule has 3 rings (SSSR count). The van der Waals surface area contributed by atoms with Crippen molar-refractivity contribution in [1.82, 2.24) is 5.16 Å². The Kier molecular flexibility index (Phi) is 5.36. The molecule has 0 fully saturated rings. The second-order valence-corrected chi connectivity index (χ2v) is 5.61. The fourth-order valence-electron chi connectivity index (χ4n) is 2.23. The van der Waals surface area contributed by atoms with Gasteiger partial charge in [-0.15, -0.1) is 0 Å². The highest BCUT2D eigenvalue weighted by atomic mass is 35.5. The number of rotatable bonds is 6. The van der Waals surface area contributed by atoms with Crippen LogP contribution in [0.5, 0.6) is 5.75 Å². The molecule has 0 saturated carbocycles. The molecule has 0 saturated heterocycles. The fraction of sp³-hybridized carbons (Fsp3) is 0.158. The number of halogens is 1. The molecule has 128 valence electrons. The van der Waals surface area contributed by atoms with E-state index >= 15 is 0 Å². The van der Waals surface area contributed by atoms with Crippen LogP contribution in [0, 0.1) is 0 Å². The van der Waals surface area contributed by atoms with E-state index in [-0.39, 0.29) is 12.3 Å². The molecule has 0 aliphatic heterocycles. The number of hydrogen-bond donors (Lipinski definition) is 0. The molecule has 0 aliphatic rings. The summed E-state index contributed by atoms with van der Waals surface area (Å²) in [7, 11) is 0. The molecule has 0 aliphatic carbocycles. The lowest BCUT2D eigenvalue weighted by atomic mass is 10.1. The molecule has 1 aromatic heterocycles. The summed E-state index contributed by atoms with van der Waals surface area (Å²) in [6, 6.07) is 16.4. The van der Waals surface area contributed by atoms with Crippen molar-refractivity contribution >= 4 is 17.6 Å². The van der Waals surface area contributed by atoms with Gasteiger partial charge in [-0.2, -0.15) is 0 Å². The predicted molar refractivity (Wildman–Crippen MR) is 93.7 cm³/mol. The topological polar surface area (TPSA) is 61.6 Å². The third-order valence-electron chi connectivity index (χ3n) is 3.47. The molecule has 0 atom stereocenters. The Morgan fingerprint density at radius 3 is 2.80 bits per heavy atom. The number of ether oxygens (including phenoxy) is 2. The van der Waals surface area contributed by atoms with E-state index in [0.717, 1.165) is 11.1 Å². The molecule has 0 spiro atoms. The highest BCUT2D eigenvalue weighted by molar-refractivity contribution is 6.31. The Bertz CT molecular complexity index is 875. The molecule has 25 heavy (non-hydrogen) atoms. The van der Waals surface area contributed by atoms with Crippen LogP contribution in [0.2, 0.25) is 5.02 Å². The van der Waals surface area contributed by atoms with Gasteiger partial charge < -0.3 is 14.0 Å². The minimum atomic E-state index is -0.511. The molecule has 0 bridgehead atoms. The van der Waals surface area contributed by atoms with Crippen molar-refractivity contribution in [2.75, 3.05) is 6.61 Å². The normalized spacial score (nSPS) is 10.5. The van der Waals surface area contributed by atoms with Gasteiger partial charge in [0.05, 0.1) is 6.61 Å². The zero-order valence-electron chi connectivity index (χ0n) is 13.6. The van der Waals surface area contributed by atoms with E-state index in [9.17, 15) is 4.79 Å². The summed E-state index contributed by atoms with van der Waals surface area (Å²) in [6.45, 7) is 2.37. The standard InChI is InChI=1S/C19H16ClNO4/c1-2-23-19(22)17-11-18(25-21-17)13-7-5-8-15(10-13)24-12-14-6-3-4-9-16(14)20/h3-11H,2,12H2,1H3. The van der Waals surface area contributed by atoms with Gasteiger partial charge in [-0.1, -0.05) is 47.1 Å². The highest BCUT2D eigenvalue weighted by Gasteiger charge is 2.15. The van der Waals surface area contributed by atoms with Crippen molar-refractivity contribution in [2.24, 2.45) is 0 Å². The number of esters is 1. The van der Waals surface area contributed by atoms with Crippen molar-refractivity contribution in [3.8, 4) is 17.1 Å². The minimum Gasteiger partial charge on any atom is -0.489 e. The first-order valence-electron chi connectivity index (χ1n) is 7.78. The number of carbonyl (C=O) groups is 1. The molecule has 6 heteroatoms. The monoisotopic (exact) mass is 357 g/mol. The average molecular weight is 358 g/mol. The number of hydrogen-bond acceptors (Lipinski definition) is 5. The quantitative estimate of drug-likeness (QED) is 0.596. The first kappa shape index (κ1) is 17.0. The smallest absolute Gasteiger partial charge is 0.360 e. The molecule has 2 aromatic carbocycles. The Morgan fingerprint density at radius 1 is 1.16 bits per heavy atom. The van der Waals surface area contributed by atoms with Crippen LogP contribution in [0.4, 0.5) is 0 Å². The molecule has 0 unspecified atom stereocenters. The number of aromatic nitrogens is 1. The first-order valence-corrected chi connectivity index (χ1v) is 8.15. The lowest BCUT2D eigenvalue weighted by Crippen LogP contribution is -2.04. The van der Waals surface area contributed by atoms with Crippen molar-refractivity contribution in [3.63, 3.8) is 0 Å². The van der Waals surface area contributed by atoms with Crippen LogP contribution in [0.1, 0.15) is 23.0 Å². The second-order valence-electron chi connectivity index (χ2n) is 5.20. The van der Waals surface area contributed by atoms with E-state index in [2.05, 4.69) is 5.16 Å². The molecule has 0 amide bonds. The van der Waals surface area contributed by atoms with Crippen molar-refractivity contribution < 1.29 is 18.8 Å². The van der Waals surface area contributed by atoms with Crippen LogP contribution < -0.4 is 4.74 Å². The van der Waals surface area contributed by atoms with Crippen LogP contribution >= 0.6 is 11.6 Å². The van der Waals surface area contributed by atoms with Crippen LogP contribution in [-0.2, 0) is 11.3 Å². The zero-order chi connectivity index (χ0) is 17.6. The summed E-state index contributed by atoms with van der Waals surface area (Å²) in [4.78, 5) is 11.7. The van der Waals surface area contributed by atoms with Gasteiger partial charge in [0.1, 0.15) is 12.4 Å². The summed E-state index contributed by atoms with van der Waals surface area (Å²) < 4.78 is 15.9. The molecule has 3 aromatic rings. The third kappa shape index (κ3) is 4.19. The fourth-order valence-corrected chi connectivity index (χ4v) is 2.42. The Balaban J connectivity index is 1.73. The summed E-state index contributed by atoms with van der Waals surface area (Å²) >= 11 is 6.13. The third-order valence-corrected chi connectivity index (χ3v) is 3.83. The van der Waals surface area contributed by atoms with E-state index in [4.69, 9.17) is 25.6 Å². The maximum atomic E-state index is 11.7. The average Bonchev–Trinajstić information content (AvgIpc) is 3.12. The van der Waals surface area contributed by atoms with Gasteiger partial charge in [0.25, 0.3) is 0 Å². The number of benzene rings is 2. The summed E-state index contributed by atoms with van der Waals surface area (Å²) in [5, 5.41) is 4.40. The van der Waals surface area contributed by atoms with E-state index in [0.29, 0.717) is 23.1 Å². The van der Waals surface area contributed by atoms with Crippen molar-refractivity contribution in [2.45, 2.75) is 13.5 Å². The number of nitrogens with zero attached hydrogens (tertiary/aromatic N) is 1. The van der Waals surface area contributed by atoms with Gasteiger partial charge in [0.2, 0.25) is 0 Å². The van der Waals surface area contributed by atoms with Gasteiger partial charge in [0, 0.05) is 22.2 Å². The molecule has 0 radical (unpaired) electrons. The van der Waals surface area contributed by atoms with E-state index < -0.39 is 5.97 Å². The summed E-state index contributed by atoms with van der Waals surface area (Å²) in [5.41, 5.74) is 1.79. The van der Waals surface area contributed by atoms with Crippen LogP contribution in [0.15, 0.2) is 59.1 Å². The van der Waals surface area contributed by atoms with Gasteiger partial charge >= 0.3 is 5.97 Å². The molecular formula is C19H16ClNO4. The molecule has 1 heterocycles. The van der Waals surface area contributed by atoms with E-state index in [1.54, 1.807) is 13.0 Å². The summed E-state index contributed by atoms with van der Waals surface area (Å²) in [6.07, 6.45) is 0. The lowest BCUT2D eigenvalue weighted by Gasteiger charge is -2.08. The summed E-state index contributed by atoms with van der Waals surface area (Å²) in [5.74, 6) is 0.612. The predicted octanol–water partition coefficient (Wildman–Crippen LogP) is 4.75. The Labute approximate surface area is 150 Å². The Hall–Kier alpha value is -2.79. The van der Waals surface area contributed by atoms with Crippen LogP contribution in [0.25, 0.3) is 11.3 Å². The maximum absolute atomic E-state index is 11.7. The van der Waals surface area contributed by atoms with Gasteiger partial charge in [-0.25, -0.2) is 4.79 Å². The van der Waals surface area contributed by atoms with Gasteiger partial charge in [-0.3, -0.25) is 0 Å². The molecular weight excluding hydrogens is 342 g/mol. The van der Waals surface area contributed by atoms with E-state index in [1.807, 2.05) is 48.5 Å². The lowest BCUT2D eigenvalue weighted by molar-refractivity contribution is 0.0514. The minimum absolute atomic E-state index is 0.138. The van der Waals surface area contributed by atoms with Gasteiger partial charge in [-0.05, 0) is 25.1 Å². The molecule has 0 N–H and O–H groups in total. The molecule has 5 nitrogen and oxygen atoms in total. The second kappa shape index (κ2) is 7.85. The van der Waals surface area contributed by atoms with E-state index in [1.165, 1.54) is 0 Å². The first-order chi connectivity index (χ1) is 12.2. The zero-order valence-corrected chi connectivity index (χ0v) is 14.3. The van der Waals surface area contributed by atoms with Crippen LogP contribution in [-0.4, -0.2) is 17.7 Å².